The summed E-state index contributed by atoms with van der Waals surface area (Å²) in [6.45, 7) is 3.92. The standard InChI is InChI=1S/C11H18FN5/c1-16-3-4-17(2)9(7-16)6-13-11-5-10(12)14-8-15-11/h5,8-9H,3-4,6-7H2,1-2H3,(H,13,14,15). The van der Waals surface area contributed by atoms with Crippen LogP contribution in [-0.4, -0.2) is 66.1 Å². The van der Waals surface area contributed by atoms with Crippen molar-refractivity contribution in [1.29, 1.82) is 0 Å². The van der Waals surface area contributed by atoms with E-state index < -0.39 is 5.95 Å². The van der Waals surface area contributed by atoms with Crippen molar-refractivity contribution < 1.29 is 4.39 Å². The van der Waals surface area contributed by atoms with Crippen LogP contribution in [0.3, 0.4) is 0 Å². The van der Waals surface area contributed by atoms with Gasteiger partial charge in [0.05, 0.1) is 0 Å². The first-order chi connectivity index (χ1) is 8.15. The second-order valence-corrected chi connectivity index (χ2v) is 4.50. The lowest BCUT2D eigenvalue weighted by Gasteiger charge is -2.37. The summed E-state index contributed by atoms with van der Waals surface area (Å²) in [4.78, 5) is 12.0. The number of likely N-dealkylation sites (N-methyl/N-ethyl adjacent to an activating group) is 2. The van der Waals surface area contributed by atoms with E-state index in [1.165, 1.54) is 12.4 Å². The number of nitrogens with one attached hydrogen (secondary N) is 1. The highest BCUT2D eigenvalue weighted by Crippen LogP contribution is 2.08. The van der Waals surface area contributed by atoms with Gasteiger partial charge in [0.25, 0.3) is 0 Å². The lowest BCUT2D eigenvalue weighted by molar-refractivity contribution is 0.122. The van der Waals surface area contributed by atoms with Gasteiger partial charge in [-0.15, -0.1) is 0 Å². The first-order valence-electron chi connectivity index (χ1n) is 5.75. The molecule has 1 saturated heterocycles. The van der Waals surface area contributed by atoms with Gasteiger partial charge in [0.1, 0.15) is 12.1 Å². The molecule has 1 aromatic rings. The molecule has 1 aromatic heterocycles. The zero-order valence-electron chi connectivity index (χ0n) is 10.2. The van der Waals surface area contributed by atoms with Gasteiger partial charge in [-0.25, -0.2) is 9.97 Å². The summed E-state index contributed by atoms with van der Waals surface area (Å²) in [5, 5.41) is 3.15. The van der Waals surface area contributed by atoms with Crippen LogP contribution in [-0.2, 0) is 0 Å². The summed E-state index contributed by atoms with van der Waals surface area (Å²) in [6, 6.07) is 1.73. The summed E-state index contributed by atoms with van der Waals surface area (Å²) in [5.74, 6) is 0.0377. The van der Waals surface area contributed by atoms with Gasteiger partial charge in [-0.1, -0.05) is 0 Å². The van der Waals surface area contributed by atoms with Crippen LogP contribution >= 0.6 is 0 Å². The van der Waals surface area contributed by atoms with Crippen molar-refractivity contribution in [2.45, 2.75) is 6.04 Å². The molecule has 94 valence electrons. The van der Waals surface area contributed by atoms with Crippen molar-refractivity contribution in [2.75, 3.05) is 45.6 Å². The van der Waals surface area contributed by atoms with E-state index in [2.05, 4.69) is 39.2 Å². The second kappa shape index (κ2) is 5.37. The number of anilines is 1. The largest absolute Gasteiger partial charge is 0.368 e. The molecule has 1 N–H and O–H groups in total. The minimum Gasteiger partial charge on any atom is -0.368 e. The third-order valence-corrected chi connectivity index (χ3v) is 3.13. The topological polar surface area (TPSA) is 44.3 Å². The number of rotatable bonds is 3. The van der Waals surface area contributed by atoms with Crippen molar-refractivity contribution >= 4 is 5.82 Å². The van der Waals surface area contributed by atoms with E-state index in [9.17, 15) is 4.39 Å². The van der Waals surface area contributed by atoms with E-state index >= 15 is 0 Å². The Morgan fingerprint density at radius 2 is 2.24 bits per heavy atom. The summed E-state index contributed by atoms with van der Waals surface area (Å²) in [6.07, 6.45) is 1.23. The Kier molecular flexibility index (Phi) is 3.86. The minimum atomic E-state index is -0.503. The summed E-state index contributed by atoms with van der Waals surface area (Å²) in [7, 11) is 4.23. The first kappa shape index (κ1) is 12.2. The van der Waals surface area contributed by atoms with Crippen LogP contribution in [0.2, 0.25) is 0 Å². The van der Waals surface area contributed by atoms with E-state index in [1.807, 2.05) is 0 Å². The van der Waals surface area contributed by atoms with Crippen LogP contribution in [0.1, 0.15) is 0 Å². The molecule has 2 heterocycles. The molecule has 1 unspecified atom stereocenters. The minimum absolute atomic E-state index is 0.423. The number of hydrogen-bond acceptors (Lipinski definition) is 5. The summed E-state index contributed by atoms with van der Waals surface area (Å²) < 4.78 is 12.9. The molecule has 0 aliphatic carbocycles. The maximum atomic E-state index is 12.9. The van der Waals surface area contributed by atoms with Gasteiger partial charge < -0.3 is 10.2 Å². The molecule has 5 nitrogen and oxygen atoms in total. The Morgan fingerprint density at radius 3 is 3.00 bits per heavy atom. The number of nitrogens with zero attached hydrogens (tertiary/aromatic N) is 4. The molecule has 0 aromatic carbocycles. The molecule has 0 bridgehead atoms. The maximum absolute atomic E-state index is 12.9. The molecule has 2 rings (SSSR count). The van der Waals surface area contributed by atoms with Gasteiger partial charge >= 0.3 is 0 Å². The molecule has 6 heteroatoms. The molecule has 0 amide bonds. The fourth-order valence-electron chi connectivity index (χ4n) is 1.97. The quantitative estimate of drug-likeness (QED) is 0.767. The van der Waals surface area contributed by atoms with E-state index in [0.29, 0.717) is 11.9 Å². The van der Waals surface area contributed by atoms with Gasteiger partial charge in [-0.2, -0.15) is 4.39 Å². The average molecular weight is 239 g/mol. The molecule has 1 fully saturated rings. The van der Waals surface area contributed by atoms with Crippen LogP contribution in [0.25, 0.3) is 0 Å². The molecule has 17 heavy (non-hydrogen) atoms. The molecule has 1 aliphatic heterocycles. The van der Waals surface area contributed by atoms with E-state index in [4.69, 9.17) is 0 Å². The zero-order chi connectivity index (χ0) is 12.3. The van der Waals surface area contributed by atoms with Gasteiger partial charge in [-0.05, 0) is 14.1 Å². The SMILES string of the molecule is CN1CCN(C)C(CNc2cc(F)ncn2)C1. The van der Waals surface area contributed by atoms with Crippen LogP contribution < -0.4 is 5.32 Å². The van der Waals surface area contributed by atoms with Crippen LogP contribution in [0, 0.1) is 5.95 Å². The molecule has 1 atom stereocenters. The number of aromatic nitrogens is 2. The average Bonchev–Trinajstić information content (AvgIpc) is 2.30. The highest BCUT2D eigenvalue weighted by atomic mass is 19.1. The fourth-order valence-corrected chi connectivity index (χ4v) is 1.97. The second-order valence-electron chi connectivity index (χ2n) is 4.50. The Hall–Kier alpha value is -1.27. The predicted octanol–water partition coefficient (Wildman–Crippen LogP) is 0.273. The van der Waals surface area contributed by atoms with Gasteiger partial charge in [0, 0.05) is 38.3 Å². The molecule has 0 radical (unpaired) electrons. The monoisotopic (exact) mass is 239 g/mol. The van der Waals surface area contributed by atoms with Crippen molar-refractivity contribution in [3.05, 3.63) is 18.3 Å². The predicted molar refractivity (Wildman–Crippen MR) is 64.4 cm³/mol. The summed E-state index contributed by atoms with van der Waals surface area (Å²) in [5.41, 5.74) is 0. The highest BCUT2D eigenvalue weighted by molar-refractivity contribution is 5.32. The molecule has 0 spiro atoms. The van der Waals surface area contributed by atoms with Gasteiger partial charge in [0.15, 0.2) is 0 Å². The van der Waals surface area contributed by atoms with Crippen LogP contribution in [0.5, 0.6) is 0 Å². The Morgan fingerprint density at radius 1 is 1.41 bits per heavy atom. The van der Waals surface area contributed by atoms with Crippen LogP contribution in [0.4, 0.5) is 10.2 Å². The first-order valence-corrected chi connectivity index (χ1v) is 5.75. The Balaban J connectivity index is 1.88. The number of halogens is 1. The zero-order valence-corrected chi connectivity index (χ0v) is 10.2. The fraction of sp³-hybridized carbons (Fsp3) is 0.636. The Bertz CT molecular complexity index is 373. The maximum Gasteiger partial charge on any atom is 0.217 e. The normalized spacial score (nSPS) is 22.6. The van der Waals surface area contributed by atoms with E-state index in [0.717, 1.165) is 26.2 Å². The van der Waals surface area contributed by atoms with Crippen molar-refractivity contribution in [3.63, 3.8) is 0 Å². The molecule has 0 saturated carbocycles. The van der Waals surface area contributed by atoms with Gasteiger partial charge in [-0.3, -0.25) is 4.90 Å². The van der Waals surface area contributed by atoms with E-state index in [-0.39, 0.29) is 0 Å². The summed E-state index contributed by atoms with van der Waals surface area (Å²) >= 11 is 0. The van der Waals surface area contributed by atoms with Crippen molar-refractivity contribution in [3.8, 4) is 0 Å². The smallest absolute Gasteiger partial charge is 0.217 e. The number of piperazine rings is 1. The third-order valence-electron chi connectivity index (χ3n) is 3.13. The highest BCUT2D eigenvalue weighted by Gasteiger charge is 2.21. The third kappa shape index (κ3) is 3.34. The van der Waals surface area contributed by atoms with E-state index in [1.54, 1.807) is 0 Å². The van der Waals surface area contributed by atoms with Gasteiger partial charge in [0.2, 0.25) is 5.95 Å². The lowest BCUT2D eigenvalue weighted by Crippen LogP contribution is -2.52. The van der Waals surface area contributed by atoms with Crippen molar-refractivity contribution in [2.24, 2.45) is 0 Å². The van der Waals surface area contributed by atoms with Crippen LogP contribution in [0.15, 0.2) is 12.4 Å². The Labute approximate surface area is 101 Å². The number of hydrogen-bond donors (Lipinski definition) is 1. The molecular weight excluding hydrogens is 221 g/mol. The van der Waals surface area contributed by atoms with Crippen molar-refractivity contribution in [1.82, 2.24) is 19.8 Å². The molecular formula is C11H18FN5. The molecule has 1 aliphatic rings. The lowest BCUT2D eigenvalue weighted by atomic mass is 10.2.